The van der Waals surface area contributed by atoms with Crippen molar-refractivity contribution >= 4 is 9.84 Å². The topological polar surface area (TPSA) is 57.9 Å². The van der Waals surface area contributed by atoms with Crippen LogP contribution in [0.25, 0.3) is 0 Å². The summed E-state index contributed by atoms with van der Waals surface area (Å²) in [6.45, 7) is 0. The van der Waals surface area contributed by atoms with E-state index in [1.54, 1.807) is 0 Å². The van der Waals surface area contributed by atoms with Crippen molar-refractivity contribution in [2.45, 2.75) is 24.2 Å². The summed E-state index contributed by atoms with van der Waals surface area (Å²) in [6, 6.07) is 7.02. The zero-order valence-corrected chi connectivity index (χ0v) is 10.0. The summed E-state index contributed by atoms with van der Waals surface area (Å²) in [5.41, 5.74) is -0.389. The molecule has 3 nitrogen and oxygen atoms in total. The van der Waals surface area contributed by atoms with Gasteiger partial charge in [-0.25, -0.2) is 12.8 Å². The Labute approximate surface area is 99.8 Å². The molecule has 1 fully saturated rings. The maximum Gasteiger partial charge on any atom is 0.179 e. The van der Waals surface area contributed by atoms with Crippen LogP contribution in [0.4, 0.5) is 4.39 Å². The minimum absolute atomic E-state index is 0.00159. The van der Waals surface area contributed by atoms with Crippen molar-refractivity contribution in [2.24, 2.45) is 5.41 Å². The molecule has 1 aromatic carbocycles. The zero-order valence-electron chi connectivity index (χ0n) is 9.19. The first kappa shape index (κ1) is 12.1. The molecule has 5 heteroatoms. The van der Waals surface area contributed by atoms with Gasteiger partial charge in [0.25, 0.3) is 0 Å². The molecule has 0 bridgehead atoms. The highest BCUT2D eigenvalue weighted by Crippen LogP contribution is 2.50. The van der Waals surface area contributed by atoms with Crippen molar-refractivity contribution in [3.63, 3.8) is 0 Å². The fraction of sp³-hybridized carbons (Fsp3) is 0.417. The van der Waals surface area contributed by atoms with Crippen LogP contribution in [0.5, 0.6) is 0 Å². The van der Waals surface area contributed by atoms with E-state index in [9.17, 15) is 12.8 Å². The predicted molar refractivity (Wildman–Crippen MR) is 60.3 cm³/mol. The molecule has 0 N–H and O–H groups in total. The maximum atomic E-state index is 13.0. The molecule has 1 saturated carbocycles. The highest BCUT2D eigenvalue weighted by Gasteiger charge is 2.46. The van der Waals surface area contributed by atoms with Gasteiger partial charge in [-0.2, -0.15) is 5.26 Å². The number of sulfone groups is 1. The van der Waals surface area contributed by atoms with Crippen molar-refractivity contribution in [2.75, 3.05) is 5.75 Å². The molecular weight excluding hydrogens is 241 g/mol. The molecule has 2 rings (SSSR count). The minimum Gasteiger partial charge on any atom is -0.224 e. The molecule has 0 aromatic heterocycles. The van der Waals surface area contributed by atoms with Crippen LogP contribution in [0.2, 0.25) is 0 Å². The second kappa shape index (κ2) is 4.11. The number of hydrogen-bond donors (Lipinski definition) is 0. The third-order valence-electron chi connectivity index (χ3n) is 3.06. The van der Waals surface area contributed by atoms with Crippen molar-refractivity contribution in [3.05, 3.63) is 30.1 Å². The molecule has 1 aromatic rings. The van der Waals surface area contributed by atoms with Gasteiger partial charge in [-0.05, 0) is 36.5 Å². The van der Waals surface area contributed by atoms with Crippen LogP contribution in [0.15, 0.2) is 29.2 Å². The van der Waals surface area contributed by atoms with Gasteiger partial charge in [-0.15, -0.1) is 0 Å². The molecule has 0 heterocycles. The van der Waals surface area contributed by atoms with Gasteiger partial charge in [0.15, 0.2) is 9.84 Å². The van der Waals surface area contributed by atoms with Crippen LogP contribution in [0.1, 0.15) is 19.3 Å². The van der Waals surface area contributed by atoms with Gasteiger partial charge in [-0.3, -0.25) is 0 Å². The van der Waals surface area contributed by atoms with Crippen molar-refractivity contribution < 1.29 is 12.8 Å². The Morgan fingerprint density at radius 2 is 2.12 bits per heavy atom. The van der Waals surface area contributed by atoms with E-state index in [2.05, 4.69) is 0 Å². The summed E-state index contributed by atoms with van der Waals surface area (Å²) in [6.07, 6.45) is 1.77. The summed E-state index contributed by atoms with van der Waals surface area (Å²) in [5, 5.41) is 8.65. The molecule has 1 aliphatic carbocycles. The Hall–Kier alpha value is -1.41. The van der Waals surface area contributed by atoms with Crippen LogP contribution in [0, 0.1) is 22.6 Å². The fourth-order valence-corrected chi connectivity index (χ4v) is 3.81. The monoisotopic (exact) mass is 253 g/mol. The first-order valence-corrected chi connectivity index (χ1v) is 6.98. The van der Waals surface area contributed by atoms with Gasteiger partial charge in [0, 0.05) is 6.42 Å². The van der Waals surface area contributed by atoms with E-state index in [-0.39, 0.29) is 22.5 Å². The average molecular weight is 253 g/mol. The smallest absolute Gasteiger partial charge is 0.179 e. The maximum absolute atomic E-state index is 13.0. The molecule has 0 atom stereocenters. The molecule has 0 amide bonds. The SMILES string of the molecule is N#CCC1(CS(=O)(=O)c2cccc(F)c2)CC1. The van der Waals surface area contributed by atoms with E-state index in [1.807, 2.05) is 6.07 Å². The lowest BCUT2D eigenvalue weighted by molar-refractivity contribution is 0.546. The third-order valence-corrected chi connectivity index (χ3v) is 5.03. The van der Waals surface area contributed by atoms with Crippen molar-refractivity contribution in [1.82, 2.24) is 0 Å². The summed E-state index contributed by atoms with van der Waals surface area (Å²) in [5.74, 6) is -0.618. The number of halogens is 1. The van der Waals surface area contributed by atoms with Crippen molar-refractivity contribution in [3.8, 4) is 6.07 Å². The molecule has 17 heavy (non-hydrogen) atoms. The van der Waals surface area contributed by atoms with E-state index in [0.717, 1.165) is 18.9 Å². The summed E-state index contributed by atoms with van der Waals surface area (Å²) in [7, 11) is -3.49. The van der Waals surface area contributed by atoms with Gasteiger partial charge in [-0.1, -0.05) is 6.07 Å². The molecule has 0 unspecified atom stereocenters. The minimum atomic E-state index is -3.49. The molecule has 0 radical (unpaired) electrons. The average Bonchev–Trinajstić information content (AvgIpc) is 2.97. The van der Waals surface area contributed by atoms with E-state index < -0.39 is 15.7 Å². The molecule has 90 valence electrons. The summed E-state index contributed by atoms with van der Waals surface area (Å²) >= 11 is 0. The Morgan fingerprint density at radius 1 is 1.41 bits per heavy atom. The Morgan fingerprint density at radius 3 is 2.65 bits per heavy atom. The highest BCUT2D eigenvalue weighted by atomic mass is 32.2. The highest BCUT2D eigenvalue weighted by molar-refractivity contribution is 7.91. The molecule has 0 aliphatic heterocycles. The number of nitrogens with zero attached hydrogens (tertiary/aromatic N) is 1. The van der Waals surface area contributed by atoms with Gasteiger partial charge < -0.3 is 0 Å². The number of hydrogen-bond acceptors (Lipinski definition) is 3. The lowest BCUT2D eigenvalue weighted by Gasteiger charge is -2.11. The van der Waals surface area contributed by atoms with Gasteiger partial charge in [0.05, 0.1) is 16.7 Å². The van der Waals surface area contributed by atoms with Crippen molar-refractivity contribution in [1.29, 1.82) is 5.26 Å². The third kappa shape index (κ3) is 2.64. The normalized spacial score (nSPS) is 17.4. The predicted octanol–water partition coefficient (Wildman–Crippen LogP) is 2.29. The standard InChI is InChI=1S/C12H12FNO2S/c13-10-2-1-3-11(8-10)17(15,16)9-12(4-5-12)6-7-14/h1-3,8H,4-6,9H2. The van der Waals surface area contributed by atoms with E-state index in [1.165, 1.54) is 18.2 Å². The molecule has 0 saturated heterocycles. The van der Waals surface area contributed by atoms with Crippen LogP contribution in [-0.2, 0) is 9.84 Å². The van der Waals surface area contributed by atoms with Crippen LogP contribution in [-0.4, -0.2) is 14.2 Å². The quantitative estimate of drug-likeness (QED) is 0.827. The van der Waals surface area contributed by atoms with Gasteiger partial charge in [0.1, 0.15) is 5.82 Å². The van der Waals surface area contributed by atoms with E-state index in [4.69, 9.17) is 5.26 Å². The zero-order chi connectivity index (χ0) is 12.5. The van der Waals surface area contributed by atoms with Crippen LogP contribution >= 0.6 is 0 Å². The van der Waals surface area contributed by atoms with Gasteiger partial charge >= 0.3 is 0 Å². The summed E-state index contributed by atoms with van der Waals surface area (Å²) < 4.78 is 37.1. The van der Waals surface area contributed by atoms with Crippen LogP contribution < -0.4 is 0 Å². The number of rotatable bonds is 4. The lowest BCUT2D eigenvalue weighted by Crippen LogP contribution is -2.17. The first-order valence-electron chi connectivity index (χ1n) is 5.33. The Bertz CT molecular complexity index is 570. The molecule has 0 spiro atoms. The lowest BCUT2D eigenvalue weighted by atomic mass is 10.1. The Balaban J connectivity index is 2.24. The molecular formula is C12H12FNO2S. The Kier molecular flexibility index (Phi) is 2.92. The first-order chi connectivity index (χ1) is 7.97. The summed E-state index contributed by atoms with van der Waals surface area (Å²) in [4.78, 5) is 0.00159. The van der Waals surface area contributed by atoms with Crippen LogP contribution in [0.3, 0.4) is 0 Å². The molecule has 1 aliphatic rings. The number of nitriles is 1. The fourth-order valence-electron chi connectivity index (χ4n) is 1.86. The van der Waals surface area contributed by atoms with E-state index in [0.29, 0.717) is 0 Å². The second-order valence-electron chi connectivity index (χ2n) is 4.55. The number of benzene rings is 1. The van der Waals surface area contributed by atoms with E-state index >= 15 is 0 Å². The largest absolute Gasteiger partial charge is 0.224 e. The second-order valence-corrected chi connectivity index (χ2v) is 6.54. The van der Waals surface area contributed by atoms with Gasteiger partial charge in [0.2, 0.25) is 0 Å².